The lowest BCUT2D eigenvalue weighted by Crippen LogP contribution is -2.15. The van der Waals surface area contributed by atoms with E-state index in [4.69, 9.17) is 21.1 Å². The number of hydrogen-bond donors (Lipinski definition) is 1. The summed E-state index contributed by atoms with van der Waals surface area (Å²) < 4.78 is 10.8. The second-order valence-corrected chi connectivity index (χ2v) is 8.23. The Hall–Kier alpha value is -3.75. The third kappa shape index (κ3) is 4.78. The van der Waals surface area contributed by atoms with E-state index in [2.05, 4.69) is 20.3 Å². The molecule has 0 aliphatic heterocycles. The van der Waals surface area contributed by atoms with E-state index >= 15 is 0 Å². The predicted octanol–water partition coefficient (Wildman–Crippen LogP) is 4.68. The fourth-order valence-corrected chi connectivity index (χ4v) is 3.92. The highest BCUT2D eigenvalue weighted by Gasteiger charge is 2.19. The highest BCUT2D eigenvalue weighted by Crippen LogP contribution is 2.41. The van der Waals surface area contributed by atoms with Gasteiger partial charge in [0, 0.05) is 42.3 Å². The van der Waals surface area contributed by atoms with Crippen molar-refractivity contribution in [1.29, 1.82) is 0 Å². The molecule has 2 aromatic carbocycles. The quantitative estimate of drug-likeness (QED) is 0.413. The number of methoxy groups -OCH3 is 2. The zero-order chi connectivity index (χ0) is 24.2. The van der Waals surface area contributed by atoms with Crippen molar-refractivity contribution in [2.45, 2.75) is 6.54 Å². The van der Waals surface area contributed by atoms with Gasteiger partial charge in [-0.3, -0.25) is 14.8 Å². The Morgan fingerprint density at radius 3 is 2.38 bits per heavy atom. The lowest BCUT2D eigenvalue weighted by atomic mass is 10.00. The number of carbonyl (C=O) groups is 1. The van der Waals surface area contributed by atoms with Crippen molar-refractivity contribution in [2.75, 3.05) is 33.6 Å². The Balaban J connectivity index is 1.72. The van der Waals surface area contributed by atoms with E-state index in [1.165, 1.54) is 7.11 Å². The van der Waals surface area contributed by atoms with Crippen LogP contribution in [0.25, 0.3) is 22.2 Å². The first kappa shape index (κ1) is 23.4. The first-order chi connectivity index (χ1) is 16.4. The highest BCUT2D eigenvalue weighted by molar-refractivity contribution is 6.35. The van der Waals surface area contributed by atoms with Crippen LogP contribution in [0.3, 0.4) is 0 Å². The van der Waals surface area contributed by atoms with Crippen LogP contribution >= 0.6 is 11.6 Å². The first-order valence-electron chi connectivity index (χ1n) is 10.5. The number of halogens is 1. The maximum Gasteiger partial charge on any atom is 0.259 e. The molecule has 1 amide bonds. The van der Waals surface area contributed by atoms with Crippen LogP contribution < -0.4 is 14.8 Å². The van der Waals surface area contributed by atoms with Crippen LogP contribution in [0.5, 0.6) is 11.5 Å². The summed E-state index contributed by atoms with van der Waals surface area (Å²) in [6.45, 7) is 0.764. The maximum absolute atomic E-state index is 13.1. The molecule has 174 valence electrons. The van der Waals surface area contributed by atoms with Gasteiger partial charge in [-0.15, -0.1) is 0 Å². The molecule has 4 rings (SSSR count). The summed E-state index contributed by atoms with van der Waals surface area (Å²) in [5.74, 6) is 1.17. The summed E-state index contributed by atoms with van der Waals surface area (Å²) in [4.78, 5) is 28.4. The van der Waals surface area contributed by atoms with Crippen LogP contribution in [0.4, 0.5) is 5.82 Å². The fraction of sp³-hybridized carbons (Fsp3) is 0.200. The molecule has 0 aliphatic carbocycles. The van der Waals surface area contributed by atoms with Gasteiger partial charge in [-0.05, 0) is 37.9 Å². The molecule has 0 radical (unpaired) electrons. The van der Waals surface area contributed by atoms with Gasteiger partial charge in [-0.25, -0.2) is 4.98 Å². The molecule has 4 aromatic rings. The number of hydrogen-bond acceptors (Lipinski definition) is 7. The minimum absolute atomic E-state index is 0.334. The summed E-state index contributed by atoms with van der Waals surface area (Å²) in [5.41, 5.74) is 3.76. The zero-order valence-electron chi connectivity index (χ0n) is 19.3. The SMILES string of the molecule is COc1cc(OC)c(Cl)c(-c2ccc(C(=O)Nc3ccc(CN(C)C)cn3)c3nccnc23)c1. The van der Waals surface area contributed by atoms with E-state index < -0.39 is 0 Å². The predicted molar refractivity (Wildman–Crippen MR) is 133 cm³/mol. The summed E-state index contributed by atoms with van der Waals surface area (Å²) >= 11 is 6.61. The molecule has 8 nitrogen and oxygen atoms in total. The van der Waals surface area contributed by atoms with Gasteiger partial charge in [0.05, 0.1) is 30.3 Å². The Labute approximate surface area is 202 Å². The number of benzene rings is 2. The molecule has 9 heteroatoms. The van der Waals surface area contributed by atoms with Crippen LogP contribution in [0, 0.1) is 0 Å². The Morgan fingerprint density at radius 2 is 1.74 bits per heavy atom. The van der Waals surface area contributed by atoms with Crippen LogP contribution in [-0.4, -0.2) is 54.1 Å². The van der Waals surface area contributed by atoms with Gasteiger partial charge < -0.3 is 19.7 Å². The minimum Gasteiger partial charge on any atom is -0.497 e. The molecule has 0 bridgehead atoms. The summed E-state index contributed by atoms with van der Waals surface area (Å²) in [6, 6.07) is 10.7. The van der Waals surface area contributed by atoms with Gasteiger partial charge in [-0.2, -0.15) is 0 Å². The molecule has 0 spiro atoms. The number of aromatic nitrogens is 3. The summed E-state index contributed by atoms with van der Waals surface area (Å²) in [7, 11) is 7.08. The maximum atomic E-state index is 13.1. The molecule has 0 unspecified atom stereocenters. The van der Waals surface area contributed by atoms with Crippen LogP contribution in [-0.2, 0) is 6.54 Å². The zero-order valence-corrected chi connectivity index (χ0v) is 20.1. The number of ether oxygens (including phenoxy) is 2. The minimum atomic E-state index is -0.334. The van der Waals surface area contributed by atoms with Gasteiger partial charge in [0.2, 0.25) is 0 Å². The van der Waals surface area contributed by atoms with Crippen molar-refractivity contribution in [2.24, 2.45) is 0 Å². The number of pyridine rings is 1. The number of nitrogens with one attached hydrogen (secondary N) is 1. The smallest absolute Gasteiger partial charge is 0.259 e. The molecular weight excluding hydrogens is 454 g/mol. The molecule has 0 fully saturated rings. The van der Waals surface area contributed by atoms with Gasteiger partial charge in [0.1, 0.15) is 22.8 Å². The van der Waals surface area contributed by atoms with E-state index in [1.54, 1.807) is 56.0 Å². The van der Waals surface area contributed by atoms with Gasteiger partial charge in [0.25, 0.3) is 5.91 Å². The van der Waals surface area contributed by atoms with Gasteiger partial charge in [0.15, 0.2) is 0 Å². The lowest BCUT2D eigenvalue weighted by Gasteiger charge is -2.14. The van der Waals surface area contributed by atoms with Crippen molar-refractivity contribution < 1.29 is 14.3 Å². The van der Waals surface area contributed by atoms with Crippen molar-refractivity contribution >= 4 is 34.4 Å². The lowest BCUT2D eigenvalue weighted by molar-refractivity contribution is 0.102. The molecule has 34 heavy (non-hydrogen) atoms. The highest BCUT2D eigenvalue weighted by atomic mass is 35.5. The van der Waals surface area contributed by atoms with Crippen molar-refractivity contribution in [3.8, 4) is 22.6 Å². The van der Waals surface area contributed by atoms with Gasteiger partial charge in [-0.1, -0.05) is 23.7 Å². The molecule has 0 saturated carbocycles. The number of nitrogens with zero attached hydrogens (tertiary/aromatic N) is 4. The number of fused-ring (bicyclic) bond motifs is 1. The summed E-state index contributed by atoms with van der Waals surface area (Å²) in [5, 5.41) is 3.25. The molecule has 0 atom stereocenters. The molecule has 1 N–H and O–H groups in total. The summed E-state index contributed by atoms with van der Waals surface area (Å²) in [6.07, 6.45) is 4.86. The Kier molecular flexibility index (Phi) is 6.90. The largest absolute Gasteiger partial charge is 0.497 e. The van der Waals surface area contributed by atoms with Crippen molar-refractivity contribution in [3.63, 3.8) is 0 Å². The molecule has 0 saturated heterocycles. The van der Waals surface area contributed by atoms with Crippen molar-refractivity contribution in [3.05, 3.63) is 71.1 Å². The van der Waals surface area contributed by atoms with E-state index in [9.17, 15) is 4.79 Å². The molecule has 0 aliphatic rings. The topological polar surface area (TPSA) is 89.5 Å². The number of carbonyl (C=O) groups excluding carboxylic acids is 1. The van der Waals surface area contributed by atoms with Gasteiger partial charge >= 0.3 is 0 Å². The van der Waals surface area contributed by atoms with E-state index in [1.807, 2.05) is 25.1 Å². The van der Waals surface area contributed by atoms with Crippen LogP contribution in [0.15, 0.2) is 55.0 Å². The Morgan fingerprint density at radius 1 is 0.971 bits per heavy atom. The average Bonchev–Trinajstić information content (AvgIpc) is 2.84. The average molecular weight is 478 g/mol. The molecule has 2 aromatic heterocycles. The van der Waals surface area contributed by atoms with Crippen LogP contribution in [0.1, 0.15) is 15.9 Å². The van der Waals surface area contributed by atoms with E-state index in [-0.39, 0.29) is 5.91 Å². The second-order valence-electron chi connectivity index (χ2n) is 7.85. The normalized spacial score (nSPS) is 11.0. The Bertz CT molecular complexity index is 1340. The third-order valence-corrected chi connectivity index (χ3v) is 5.58. The third-order valence-electron chi connectivity index (χ3n) is 5.19. The monoisotopic (exact) mass is 477 g/mol. The molecular formula is C25H24ClN5O3. The fourth-order valence-electron chi connectivity index (χ4n) is 3.63. The van der Waals surface area contributed by atoms with E-state index in [0.29, 0.717) is 50.1 Å². The number of anilines is 1. The van der Waals surface area contributed by atoms with Crippen LogP contribution in [0.2, 0.25) is 5.02 Å². The second kappa shape index (κ2) is 10.0. The standard InChI is InChI=1S/C25H24ClN5O3/c1-31(2)14-15-5-8-21(29-13-15)30-25(32)18-7-6-17(23-24(18)28-10-9-27-23)19-11-16(33-3)12-20(34-4)22(19)26/h5-13H,14H2,1-4H3,(H,29,30,32). The first-order valence-corrected chi connectivity index (χ1v) is 10.9. The molecule has 2 heterocycles. The number of amides is 1. The van der Waals surface area contributed by atoms with E-state index in [0.717, 1.165) is 12.1 Å². The van der Waals surface area contributed by atoms with Crippen molar-refractivity contribution in [1.82, 2.24) is 19.9 Å². The number of rotatable bonds is 7.